The molecule has 39 heavy (non-hydrogen) atoms. The van der Waals surface area contributed by atoms with Gasteiger partial charge < -0.3 is 14.2 Å². The number of aryl methyl sites for hydroxylation is 1. The van der Waals surface area contributed by atoms with Crippen molar-refractivity contribution in [2.75, 3.05) is 20.3 Å². The van der Waals surface area contributed by atoms with E-state index in [9.17, 15) is 14.5 Å². The quantitative estimate of drug-likeness (QED) is 0.1000. The Bertz CT molecular complexity index is 1450. The molecule has 0 fully saturated rings. The van der Waals surface area contributed by atoms with Gasteiger partial charge in [-0.3, -0.25) is 14.7 Å². The van der Waals surface area contributed by atoms with Gasteiger partial charge in [-0.2, -0.15) is 0 Å². The van der Waals surface area contributed by atoms with Crippen LogP contribution in [0.3, 0.4) is 0 Å². The van der Waals surface area contributed by atoms with Gasteiger partial charge in [0.1, 0.15) is 29.2 Å². The summed E-state index contributed by atoms with van der Waals surface area (Å²) in [5, 5.41) is 20.1. The fourth-order valence-corrected chi connectivity index (χ4v) is 5.62. The minimum absolute atomic E-state index is 0.115. The van der Waals surface area contributed by atoms with Crippen molar-refractivity contribution in [2.45, 2.75) is 30.9 Å². The largest absolute Gasteiger partial charge is 0.494 e. The standard InChI is InChI=1S/C27H26BrFN4O5S/c1-4-37-22-10-8-21(9-11-22)33-17(2)30-31-27(33)39-25(15-32(34)35)19-13-23(28)26(24(14-19)36-3)38-16-18-6-5-7-20(29)12-18/h5-14,25H,4,15-16H2,1-3H3/t25-/m0/s1. The summed E-state index contributed by atoms with van der Waals surface area (Å²) in [6.07, 6.45) is 0. The Morgan fingerprint density at radius 2 is 1.90 bits per heavy atom. The Balaban J connectivity index is 1.63. The number of rotatable bonds is 12. The molecule has 0 radical (unpaired) electrons. The number of aromatic nitrogens is 3. The van der Waals surface area contributed by atoms with E-state index in [1.807, 2.05) is 42.7 Å². The molecule has 0 aliphatic heterocycles. The van der Waals surface area contributed by atoms with Crippen molar-refractivity contribution < 1.29 is 23.5 Å². The highest BCUT2D eigenvalue weighted by atomic mass is 79.9. The summed E-state index contributed by atoms with van der Waals surface area (Å²) >= 11 is 4.75. The highest BCUT2D eigenvalue weighted by Gasteiger charge is 2.26. The van der Waals surface area contributed by atoms with Crippen molar-refractivity contribution >= 4 is 27.7 Å². The normalized spacial score (nSPS) is 11.7. The van der Waals surface area contributed by atoms with Gasteiger partial charge in [0, 0.05) is 10.6 Å². The minimum atomic E-state index is -0.618. The Morgan fingerprint density at radius 3 is 2.56 bits per heavy atom. The molecule has 4 aromatic rings. The number of hydrogen-bond acceptors (Lipinski definition) is 8. The van der Waals surface area contributed by atoms with E-state index in [2.05, 4.69) is 26.1 Å². The molecule has 0 aliphatic rings. The summed E-state index contributed by atoms with van der Waals surface area (Å²) in [5.74, 6) is 1.81. The van der Waals surface area contributed by atoms with Gasteiger partial charge in [-0.15, -0.1) is 10.2 Å². The highest BCUT2D eigenvalue weighted by molar-refractivity contribution is 9.10. The van der Waals surface area contributed by atoms with Crippen molar-refractivity contribution in [3.8, 4) is 22.9 Å². The lowest BCUT2D eigenvalue weighted by Crippen LogP contribution is -2.12. The smallest absolute Gasteiger partial charge is 0.220 e. The van der Waals surface area contributed by atoms with Crippen LogP contribution in [-0.4, -0.2) is 39.9 Å². The first kappa shape index (κ1) is 28.4. The molecule has 12 heteroatoms. The second-order valence-corrected chi connectivity index (χ2v) is 10.4. The molecule has 1 heterocycles. The van der Waals surface area contributed by atoms with Crippen LogP contribution in [0, 0.1) is 22.9 Å². The highest BCUT2D eigenvalue weighted by Crippen LogP contribution is 2.43. The Morgan fingerprint density at radius 1 is 1.13 bits per heavy atom. The van der Waals surface area contributed by atoms with Crippen molar-refractivity contribution in [3.05, 3.63) is 98.0 Å². The van der Waals surface area contributed by atoms with Crippen LogP contribution < -0.4 is 14.2 Å². The monoisotopic (exact) mass is 616 g/mol. The third-order valence-corrected chi connectivity index (χ3v) is 7.43. The molecule has 3 aromatic carbocycles. The lowest BCUT2D eigenvalue weighted by atomic mass is 10.1. The first-order chi connectivity index (χ1) is 18.8. The average Bonchev–Trinajstić information content (AvgIpc) is 3.27. The first-order valence-electron chi connectivity index (χ1n) is 12.0. The Hall–Kier alpha value is -3.64. The maximum Gasteiger partial charge on any atom is 0.220 e. The molecule has 0 unspecified atom stereocenters. The zero-order chi connectivity index (χ0) is 27.9. The second kappa shape index (κ2) is 12.9. The Labute approximate surface area is 237 Å². The topological polar surface area (TPSA) is 102 Å². The third kappa shape index (κ3) is 7.07. The van der Waals surface area contributed by atoms with Crippen molar-refractivity contribution in [1.82, 2.24) is 14.8 Å². The zero-order valence-electron chi connectivity index (χ0n) is 21.5. The van der Waals surface area contributed by atoms with E-state index in [1.165, 1.54) is 31.0 Å². The molecule has 0 spiro atoms. The first-order valence-corrected chi connectivity index (χ1v) is 13.6. The fourth-order valence-electron chi connectivity index (χ4n) is 3.90. The van der Waals surface area contributed by atoms with Crippen LogP contribution in [0.2, 0.25) is 0 Å². The molecule has 0 saturated heterocycles. The van der Waals surface area contributed by atoms with Crippen LogP contribution in [0.5, 0.6) is 17.2 Å². The minimum Gasteiger partial charge on any atom is -0.494 e. The summed E-state index contributed by atoms with van der Waals surface area (Å²) in [5.41, 5.74) is 2.10. The van der Waals surface area contributed by atoms with Gasteiger partial charge in [-0.1, -0.05) is 23.9 Å². The number of hydrogen-bond donors (Lipinski definition) is 0. The zero-order valence-corrected chi connectivity index (χ0v) is 23.9. The maximum atomic E-state index is 13.6. The summed E-state index contributed by atoms with van der Waals surface area (Å²) in [4.78, 5) is 11.3. The van der Waals surface area contributed by atoms with Gasteiger partial charge in [-0.05, 0) is 89.4 Å². The van der Waals surface area contributed by atoms with Crippen molar-refractivity contribution in [2.24, 2.45) is 0 Å². The SMILES string of the molecule is CCOc1ccc(-n2c(C)nnc2S[C@@H](C[N+](=O)[O-])c2cc(Br)c(OCc3cccc(F)c3)c(OC)c2)cc1. The van der Waals surface area contributed by atoms with Gasteiger partial charge in [0.2, 0.25) is 6.54 Å². The van der Waals surface area contributed by atoms with Crippen molar-refractivity contribution in [3.63, 3.8) is 0 Å². The van der Waals surface area contributed by atoms with E-state index in [4.69, 9.17) is 14.2 Å². The molecular formula is C27H26BrFN4O5S. The number of nitrogens with zero attached hydrogens (tertiary/aromatic N) is 4. The van der Waals surface area contributed by atoms with Gasteiger partial charge in [0.05, 0.1) is 18.2 Å². The molecular weight excluding hydrogens is 591 g/mol. The number of halogens is 2. The van der Waals surface area contributed by atoms with E-state index in [1.54, 1.807) is 24.3 Å². The van der Waals surface area contributed by atoms with E-state index in [-0.39, 0.29) is 23.9 Å². The number of ether oxygens (including phenoxy) is 3. The molecule has 0 amide bonds. The lowest BCUT2D eigenvalue weighted by molar-refractivity contribution is -0.479. The van der Waals surface area contributed by atoms with E-state index in [0.717, 1.165) is 11.4 Å². The summed E-state index contributed by atoms with van der Waals surface area (Å²) in [6.45, 7) is 4.05. The van der Waals surface area contributed by atoms with E-state index >= 15 is 0 Å². The van der Waals surface area contributed by atoms with E-state index in [0.29, 0.717) is 44.7 Å². The third-order valence-electron chi connectivity index (χ3n) is 5.66. The molecule has 9 nitrogen and oxygen atoms in total. The van der Waals surface area contributed by atoms with Crippen LogP contribution in [0.4, 0.5) is 4.39 Å². The second-order valence-electron chi connectivity index (χ2n) is 8.37. The van der Waals surface area contributed by atoms with Gasteiger partial charge in [0.15, 0.2) is 16.7 Å². The fraction of sp³-hybridized carbons (Fsp3) is 0.259. The van der Waals surface area contributed by atoms with Gasteiger partial charge >= 0.3 is 0 Å². The van der Waals surface area contributed by atoms with Gasteiger partial charge in [-0.25, -0.2) is 4.39 Å². The summed E-state index contributed by atoms with van der Waals surface area (Å²) in [7, 11) is 1.49. The lowest BCUT2D eigenvalue weighted by Gasteiger charge is -2.18. The van der Waals surface area contributed by atoms with Gasteiger partial charge in [0.25, 0.3) is 0 Å². The van der Waals surface area contributed by atoms with Crippen LogP contribution in [-0.2, 0) is 6.61 Å². The molecule has 4 rings (SSSR count). The maximum absolute atomic E-state index is 13.6. The molecule has 0 aliphatic carbocycles. The van der Waals surface area contributed by atoms with Crippen LogP contribution in [0.25, 0.3) is 5.69 Å². The number of methoxy groups -OCH3 is 1. The molecule has 1 aromatic heterocycles. The predicted molar refractivity (Wildman–Crippen MR) is 149 cm³/mol. The summed E-state index contributed by atoms with van der Waals surface area (Å²) in [6, 6.07) is 17.1. The predicted octanol–water partition coefficient (Wildman–Crippen LogP) is 6.57. The van der Waals surface area contributed by atoms with Crippen molar-refractivity contribution in [1.29, 1.82) is 0 Å². The number of thioether (sulfide) groups is 1. The molecule has 1 atom stereocenters. The Kier molecular flexibility index (Phi) is 9.41. The van der Waals surface area contributed by atoms with Crippen LogP contribution >= 0.6 is 27.7 Å². The average molecular weight is 617 g/mol. The molecule has 0 N–H and O–H groups in total. The summed E-state index contributed by atoms with van der Waals surface area (Å²) < 4.78 is 33.0. The molecule has 0 saturated carbocycles. The van der Waals surface area contributed by atoms with Crippen LogP contribution in [0.1, 0.15) is 29.1 Å². The van der Waals surface area contributed by atoms with Crippen LogP contribution in [0.15, 0.2) is 70.3 Å². The van der Waals surface area contributed by atoms with E-state index < -0.39 is 5.25 Å². The molecule has 0 bridgehead atoms. The number of nitro groups is 1. The number of benzene rings is 3. The molecule has 204 valence electrons.